The highest BCUT2D eigenvalue weighted by molar-refractivity contribution is 7.47. The van der Waals surface area contributed by atoms with E-state index in [0.717, 1.165) is 12.8 Å². The fraction of sp³-hybridized carbons (Fsp3) is 0.900. The molecule has 18 heavy (non-hydrogen) atoms. The van der Waals surface area contributed by atoms with Gasteiger partial charge in [0.05, 0.1) is 0 Å². The number of hydroxylamine groups is 1. The van der Waals surface area contributed by atoms with Gasteiger partial charge in [0.25, 0.3) is 0 Å². The van der Waals surface area contributed by atoms with E-state index in [0.29, 0.717) is 19.6 Å². The molecule has 0 saturated carbocycles. The summed E-state index contributed by atoms with van der Waals surface area (Å²) in [6, 6.07) is 0. The largest absolute Gasteiger partial charge is 0.489 e. The molecular formula is C10H23N2O5P. The van der Waals surface area contributed by atoms with E-state index < -0.39 is 14.4 Å². The van der Waals surface area contributed by atoms with E-state index in [9.17, 15) is 14.3 Å². The van der Waals surface area contributed by atoms with Gasteiger partial charge in [-0.15, -0.1) is 0 Å². The molecule has 8 heteroatoms. The van der Waals surface area contributed by atoms with Crippen molar-refractivity contribution in [2.24, 2.45) is 0 Å². The van der Waals surface area contributed by atoms with Crippen LogP contribution in [0.15, 0.2) is 0 Å². The third-order valence-electron chi connectivity index (χ3n) is 2.02. The number of phosphoric ester groups is 1. The van der Waals surface area contributed by atoms with Crippen LogP contribution in [-0.2, 0) is 18.5 Å². The fourth-order valence-corrected chi connectivity index (χ4v) is 1.92. The van der Waals surface area contributed by atoms with Crippen molar-refractivity contribution in [3.8, 4) is 0 Å². The minimum Gasteiger partial charge on any atom is -0.341 e. The van der Waals surface area contributed by atoms with Gasteiger partial charge >= 0.3 is 7.82 Å². The lowest BCUT2D eigenvalue weighted by molar-refractivity contribution is -0.134. The van der Waals surface area contributed by atoms with Crippen LogP contribution in [0.4, 0.5) is 0 Å². The maximum atomic E-state index is 11.7. The molecule has 0 heterocycles. The summed E-state index contributed by atoms with van der Waals surface area (Å²) in [5, 5.41) is 0. The summed E-state index contributed by atoms with van der Waals surface area (Å²) >= 11 is 0. The SMILES string of the molecule is CCCN(CCC)C(=O)COP(=O)(O)ONCC. The first-order valence-corrected chi connectivity index (χ1v) is 7.62. The second kappa shape index (κ2) is 9.47. The fourth-order valence-electron chi connectivity index (χ4n) is 1.30. The third kappa shape index (κ3) is 7.79. The number of hydrogen-bond acceptors (Lipinski definition) is 5. The lowest BCUT2D eigenvalue weighted by Crippen LogP contribution is -2.35. The zero-order valence-corrected chi connectivity index (χ0v) is 12.1. The number of carbonyl (C=O) groups is 1. The van der Waals surface area contributed by atoms with Gasteiger partial charge in [0.15, 0.2) is 0 Å². The van der Waals surface area contributed by atoms with Crippen LogP contribution in [0.2, 0.25) is 0 Å². The summed E-state index contributed by atoms with van der Waals surface area (Å²) in [6.45, 7) is 6.75. The predicted octanol–water partition coefficient (Wildman–Crippen LogP) is 1.29. The summed E-state index contributed by atoms with van der Waals surface area (Å²) in [5.74, 6) is -0.312. The van der Waals surface area contributed by atoms with Crippen molar-refractivity contribution in [3.63, 3.8) is 0 Å². The Balaban J connectivity index is 4.16. The van der Waals surface area contributed by atoms with Crippen molar-refractivity contribution >= 4 is 13.7 Å². The molecule has 0 radical (unpaired) electrons. The molecule has 108 valence electrons. The number of nitrogens with one attached hydrogen (secondary N) is 1. The molecule has 0 spiro atoms. The van der Waals surface area contributed by atoms with Crippen LogP contribution in [-0.4, -0.2) is 41.9 Å². The highest BCUT2D eigenvalue weighted by atomic mass is 31.2. The van der Waals surface area contributed by atoms with E-state index in [-0.39, 0.29) is 5.91 Å². The average molecular weight is 282 g/mol. The Hall–Kier alpha value is -0.460. The molecule has 1 atom stereocenters. The van der Waals surface area contributed by atoms with Gasteiger partial charge in [-0.2, -0.15) is 10.1 Å². The molecule has 0 aliphatic rings. The summed E-state index contributed by atoms with van der Waals surface area (Å²) in [5.41, 5.74) is 2.23. The van der Waals surface area contributed by atoms with E-state index in [2.05, 4.69) is 14.6 Å². The van der Waals surface area contributed by atoms with Crippen LogP contribution in [0, 0.1) is 0 Å². The predicted molar refractivity (Wildman–Crippen MR) is 67.7 cm³/mol. The Morgan fingerprint density at radius 1 is 1.28 bits per heavy atom. The normalized spacial score (nSPS) is 14.2. The Bertz CT molecular complexity index is 281. The second-order valence-electron chi connectivity index (χ2n) is 3.71. The second-order valence-corrected chi connectivity index (χ2v) is 5.09. The lowest BCUT2D eigenvalue weighted by atomic mass is 10.3. The number of amides is 1. The van der Waals surface area contributed by atoms with Gasteiger partial charge in [-0.05, 0) is 12.8 Å². The summed E-state index contributed by atoms with van der Waals surface area (Å²) in [4.78, 5) is 22.6. The van der Waals surface area contributed by atoms with Crippen molar-refractivity contribution in [1.29, 1.82) is 0 Å². The quantitative estimate of drug-likeness (QED) is 0.464. The molecular weight excluding hydrogens is 259 g/mol. The number of rotatable bonds is 10. The third-order valence-corrected chi connectivity index (χ3v) is 2.83. The molecule has 0 fully saturated rings. The maximum absolute atomic E-state index is 11.7. The van der Waals surface area contributed by atoms with Gasteiger partial charge in [0.1, 0.15) is 6.61 Å². The average Bonchev–Trinajstić information content (AvgIpc) is 2.33. The number of phosphoric acid groups is 1. The summed E-state index contributed by atoms with van der Waals surface area (Å²) < 4.78 is 20.3. The van der Waals surface area contributed by atoms with Crippen molar-refractivity contribution in [2.45, 2.75) is 33.6 Å². The van der Waals surface area contributed by atoms with Crippen LogP contribution >= 0.6 is 7.82 Å². The van der Waals surface area contributed by atoms with E-state index in [4.69, 9.17) is 0 Å². The first kappa shape index (κ1) is 17.5. The molecule has 7 nitrogen and oxygen atoms in total. The summed E-state index contributed by atoms with van der Waals surface area (Å²) in [6.07, 6.45) is 1.66. The molecule has 0 rings (SSSR count). The minimum atomic E-state index is -4.20. The Kier molecular flexibility index (Phi) is 9.23. The number of carbonyl (C=O) groups excluding carboxylic acids is 1. The molecule has 0 aliphatic carbocycles. The molecule has 0 saturated heterocycles. The maximum Gasteiger partial charge on any atom is 0.489 e. The van der Waals surface area contributed by atoms with Crippen LogP contribution in [0.1, 0.15) is 33.6 Å². The number of hydrogen-bond donors (Lipinski definition) is 2. The molecule has 0 aromatic rings. The Morgan fingerprint density at radius 3 is 2.28 bits per heavy atom. The van der Waals surface area contributed by atoms with Crippen LogP contribution in [0.25, 0.3) is 0 Å². The zero-order valence-electron chi connectivity index (χ0n) is 11.2. The van der Waals surface area contributed by atoms with Crippen molar-refractivity contribution in [3.05, 3.63) is 0 Å². The van der Waals surface area contributed by atoms with E-state index in [1.54, 1.807) is 11.8 Å². The lowest BCUT2D eigenvalue weighted by Gasteiger charge is -2.21. The van der Waals surface area contributed by atoms with E-state index in [1.807, 2.05) is 13.8 Å². The van der Waals surface area contributed by atoms with E-state index >= 15 is 0 Å². The first-order chi connectivity index (χ1) is 8.46. The van der Waals surface area contributed by atoms with Gasteiger partial charge in [-0.1, -0.05) is 20.8 Å². The van der Waals surface area contributed by atoms with Gasteiger partial charge in [-0.3, -0.25) is 9.32 Å². The van der Waals surface area contributed by atoms with Crippen LogP contribution < -0.4 is 5.48 Å². The monoisotopic (exact) mass is 282 g/mol. The first-order valence-electron chi connectivity index (χ1n) is 6.13. The minimum absolute atomic E-state index is 0.312. The van der Waals surface area contributed by atoms with Crippen LogP contribution in [0.5, 0.6) is 0 Å². The zero-order chi connectivity index (χ0) is 14.0. The Labute approximate surface area is 108 Å². The molecule has 1 amide bonds. The van der Waals surface area contributed by atoms with Crippen molar-refractivity contribution in [2.75, 3.05) is 26.2 Å². The summed E-state index contributed by atoms with van der Waals surface area (Å²) in [7, 11) is -4.20. The molecule has 2 N–H and O–H groups in total. The molecule has 0 aromatic carbocycles. The van der Waals surface area contributed by atoms with Crippen molar-refractivity contribution < 1.29 is 23.4 Å². The van der Waals surface area contributed by atoms with Gasteiger partial charge in [0.2, 0.25) is 5.91 Å². The topological polar surface area (TPSA) is 88.1 Å². The molecule has 1 unspecified atom stereocenters. The molecule has 0 bridgehead atoms. The Morgan fingerprint density at radius 2 is 1.83 bits per heavy atom. The van der Waals surface area contributed by atoms with Gasteiger partial charge in [-0.25, -0.2) is 4.57 Å². The van der Waals surface area contributed by atoms with Crippen LogP contribution in [0.3, 0.4) is 0 Å². The molecule has 0 aromatic heterocycles. The highest BCUT2D eigenvalue weighted by Crippen LogP contribution is 2.41. The standard InChI is InChI=1S/C10H23N2O5P/c1-4-7-12(8-5-2)10(13)9-16-18(14,15)17-11-6-3/h11H,4-9H2,1-3H3,(H,14,15). The van der Waals surface area contributed by atoms with Gasteiger partial charge < -0.3 is 9.79 Å². The van der Waals surface area contributed by atoms with Gasteiger partial charge in [0, 0.05) is 19.6 Å². The number of nitrogens with zero attached hydrogens (tertiary/aromatic N) is 1. The van der Waals surface area contributed by atoms with Crippen molar-refractivity contribution in [1.82, 2.24) is 10.4 Å². The van der Waals surface area contributed by atoms with E-state index in [1.165, 1.54) is 0 Å². The molecule has 0 aliphatic heterocycles. The highest BCUT2D eigenvalue weighted by Gasteiger charge is 2.24. The smallest absolute Gasteiger partial charge is 0.341 e.